The molecule has 6 heteroatoms. The second-order valence-electron chi connectivity index (χ2n) is 4.63. The maximum atomic E-state index is 5.77. The fraction of sp³-hybridized carbons (Fsp3) is 0.429. The number of hydrogen-bond acceptors (Lipinski definition) is 6. The van der Waals surface area contributed by atoms with Crippen LogP contribution in [0.3, 0.4) is 0 Å². The molecule has 6 nitrogen and oxygen atoms in total. The zero-order chi connectivity index (χ0) is 13.8. The minimum atomic E-state index is 0.557. The molecule has 0 atom stereocenters. The number of ether oxygens (including phenoxy) is 2. The van der Waals surface area contributed by atoms with Crippen molar-refractivity contribution in [2.45, 2.75) is 26.4 Å². The van der Waals surface area contributed by atoms with Gasteiger partial charge >= 0.3 is 0 Å². The van der Waals surface area contributed by atoms with Gasteiger partial charge in [-0.3, -0.25) is 0 Å². The van der Waals surface area contributed by atoms with Gasteiger partial charge in [0.05, 0.1) is 19.8 Å². The monoisotopic (exact) mass is 275 g/mol. The Bertz CT molecular complexity index is 583. The Labute approximate surface area is 117 Å². The van der Waals surface area contributed by atoms with Crippen molar-refractivity contribution in [3.8, 4) is 11.5 Å². The molecule has 106 valence electrons. The summed E-state index contributed by atoms with van der Waals surface area (Å²) in [6.07, 6.45) is 0.906. The summed E-state index contributed by atoms with van der Waals surface area (Å²) in [4.78, 5) is 4.15. The molecule has 0 radical (unpaired) electrons. The molecule has 2 aromatic rings. The van der Waals surface area contributed by atoms with E-state index in [0.717, 1.165) is 23.5 Å². The first-order valence-corrected chi connectivity index (χ1v) is 6.70. The third-order valence-corrected chi connectivity index (χ3v) is 3.02. The molecule has 1 aliphatic rings. The predicted molar refractivity (Wildman–Crippen MR) is 71.6 cm³/mol. The molecule has 1 aliphatic heterocycles. The molecule has 1 N–H and O–H groups in total. The van der Waals surface area contributed by atoms with Crippen LogP contribution >= 0.6 is 0 Å². The van der Waals surface area contributed by atoms with Gasteiger partial charge in [0.2, 0.25) is 5.89 Å². The van der Waals surface area contributed by atoms with Crippen LogP contribution in [-0.4, -0.2) is 23.4 Å². The van der Waals surface area contributed by atoms with E-state index in [1.54, 1.807) is 6.92 Å². The first-order chi connectivity index (χ1) is 9.83. The van der Waals surface area contributed by atoms with Crippen LogP contribution in [0.25, 0.3) is 0 Å². The third kappa shape index (κ3) is 2.91. The second kappa shape index (κ2) is 5.92. The summed E-state index contributed by atoms with van der Waals surface area (Å²) >= 11 is 0. The van der Waals surface area contributed by atoms with Gasteiger partial charge in [0.1, 0.15) is 0 Å². The summed E-state index contributed by atoms with van der Waals surface area (Å²) in [5.74, 6) is 2.88. The van der Waals surface area contributed by atoms with Crippen molar-refractivity contribution in [1.82, 2.24) is 15.5 Å². The van der Waals surface area contributed by atoms with E-state index in [1.807, 2.05) is 18.2 Å². The first kappa shape index (κ1) is 12.9. The summed E-state index contributed by atoms with van der Waals surface area (Å²) in [5.41, 5.74) is 1.07. The van der Waals surface area contributed by atoms with Crippen molar-refractivity contribution in [1.29, 1.82) is 0 Å². The van der Waals surface area contributed by atoms with Crippen LogP contribution in [0.2, 0.25) is 0 Å². The Balaban J connectivity index is 1.65. The summed E-state index contributed by atoms with van der Waals surface area (Å²) in [5, 5.41) is 7.13. The normalized spacial score (nSPS) is 14.1. The van der Waals surface area contributed by atoms with Crippen molar-refractivity contribution in [3.05, 3.63) is 35.5 Å². The zero-order valence-electron chi connectivity index (χ0n) is 11.4. The minimum Gasteiger partial charge on any atom is -0.490 e. The lowest BCUT2D eigenvalue weighted by Crippen LogP contribution is -2.14. The maximum Gasteiger partial charge on any atom is 0.223 e. The molecular formula is C14H17N3O3. The molecule has 0 saturated carbocycles. The standard InChI is InChI=1S/C14H17N3O3/c1-10-16-13(17-20-10)9-15-8-11-4-2-5-12-14(11)19-7-3-6-18-12/h2,4-5,15H,3,6-9H2,1H3. The van der Waals surface area contributed by atoms with Gasteiger partial charge in [-0.05, 0) is 6.07 Å². The summed E-state index contributed by atoms with van der Waals surface area (Å²) in [6.45, 7) is 4.39. The predicted octanol–water partition coefficient (Wildman–Crippen LogP) is 1.83. The lowest BCUT2D eigenvalue weighted by molar-refractivity contribution is 0.296. The van der Waals surface area contributed by atoms with Crippen LogP contribution in [0.5, 0.6) is 11.5 Å². The van der Waals surface area contributed by atoms with E-state index in [-0.39, 0.29) is 0 Å². The van der Waals surface area contributed by atoms with E-state index < -0.39 is 0 Å². The molecule has 1 aromatic heterocycles. The van der Waals surface area contributed by atoms with Crippen molar-refractivity contribution in [2.75, 3.05) is 13.2 Å². The molecule has 0 saturated heterocycles. The molecule has 0 fully saturated rings. The van der Waals surface area contributed by atoms with Crippen LogP contribution in [0.1, 0.15) is 23.7 Å². The van der Waals surface area contributed by atoms with E-state index in [1.165, 1.54) is 0 Å². The fourth-order valence-corrected chi connectivity index (χ4v) is 2.12. The molecule has 2 heterocycles. The average molecular weight is 275 g/mol. The summed E-state index contributed by atoms with van der Waals surface area (Å²) in [6, 6.07) is 5.94. The summed E-state index contributed by atoms with van der Waals surface area (Å²) < 4.78 is 16.4. The van der Waals surface area contributed by atoms with Crippen molar-refractivity contribution in [3.63, 3.8) is 0 Å². The lowest BCUT2D eigenvalue weighted by Gasteiger charge is -2.12. The fourth-order valence-electron chi connectivity index (χ4n) is 2.12. The third-order valence-electron chi connectivity index (χ3n) is 3.02. The number of aryl methyl sites for hydroxylation is 1. The number of fused-ring (bicyclic) bond motifs is 1. The Kier molecular flexibility index (Phi) is 3.83. The van der Waals surface area contributed by atoms with Gasteiger partial charge in [-0.1, -0.05) is 17.3 Å². The van der Waals surface area contributed by atoms with Gasteiger partial charge < -0.3 is 19.3 Å². The molecular weight excluding hydrogens is 258 g/mol. The molecule has 0 unspecified atom stereocenters. The van der Waals surface area contributed by atoms with Gasteiger partial charge in [0.15, 0.2) is 17.3 Å². The van der Waals surface area contributed by atoms with E-state index >= 15 is 0 Å². The van der Waals surface area contributed by atoms with Crippen LogP contribution in [0, 0.1) is 6.92 Å². The van der Waals surface area contributed by atoms with Crippen molar-refractivity contribution in [2.24, 2.45) is 0 Å². The van der Waals surface area contributed by atoms with Gasteiger partial charge in [0.25, 0.3) is 0 Å². The molecule has 1 aromatic carbocycles. The van der Waals surface area contributed by atoms with Gasteiger partial charge in [0, 0.05) is 25.5 Å². The smallest absolute Gasteiger partial charge is 0.223 e. The van der Waals surface area contributed by atoms with Gasteiger partial charge in [-0.15, -0.1) is 0 Å². The molecule has 0 bridgehead atoms. The Morgan fingerprint density at radius 3 is 2.95 bits per heavy atom. The van der Waals surface area contributed by atoms with E-state index in [4.69, 9.17) is 14.0 Å². The molecule has 0 aliphatic carbocycles. The summed E-state index contributed by atoms with van der Waals surface area (Å²) in [7, 11) is 0. The average Bonchev–Trinajstić information content (AvgIpc) is 2.73. The topological polar surface area (TPSA) is 69.4 Å². The second-order valence-corrected chi connectivity index (χ2v) is 4.63. The highest BCUT2D eigenvalue weighted by atomic mass is 16.5. The first-order valence-electron chi connectivity index (χ1n) is 6.70. The van der Waals surface area contributed by atoms with Gasteiger partial charge in [-0.2, -0.15) is 4.98 Å². The Hall–Kier alpha value is -2.08. The molecule has 3 rings (SSSR count). The van der Waals surface area contributed by atoms with Crippen LogP contribution in [-0.2, 0) is 13.1 Å². The Morgan fingerprint density at radius 2 is 2.10 bits per heavy atom. The quantitative estimate of drug-likeness (QED) is 0.918. The molecule has 20 heavy (non-hydrogen) atoms. The zero-order valence-corrected chi connectivity index (χ0v) is 11.4. The van der Waals surface area contributed by atoms with Crippen molar-refractivity contribution < 1.29 is 14.0 Å². The number of rotatable bonds is 4. The van der Waals surface area contributed by atoms with Crippen LogP contribution in [0.15, 0.2) is 22.7 Å². The number of nitrogens with one attached hydrogen (secondary N) is 1. The minimum absolute atomic E-state index is 0.557. The maximum absolute atomic E-state index is 5.77. The van der Waals surface area contributed by atoms with Gasteiger partial charge in [-0.25, -0.2) is 0 Å². The number of benzene rings is 1. The lowest BCUT2D eigenvalue weighted by atomic mass is 10.2. The highest BCUT2D eigenvalue weighted by Crippen LogP contribution is 2.33. The largest absolute Gasteiger partial charge is 0.490 e. The molecule has 0 amide bonds. The highest BCUT2D eigenvalue weighted by molar-refractivity contribution is 5.47. The SMILES string of the molecule is Cc1nc(CNCc2cccc3c2OCCCO3)no1. The van der Waals surface area contributed by atoms with E-state index in [9.17, 15) is 0 Å². The van der Waals surface area contributed by atoms with Crippen molar-refractivity contribution >= 4 is 0 Å². The number of hydrogen-bond donors (Lipinski definition) is 1. The number of aromatic nitrogens is 2. The van der Waals surface area contributed by atoms with Crippen LogP contribution in [0.4, 0.5) is 0 Å². The van der Waals surface area contributed by atoms with E-state index in [0.29, 0.717) is 38.0 Å². The molecule has 0 spiro atoms. The van der Waals surface area contributed by atoms with Crippen LogP contribution < -0.4 is 14.8 Å². The highest BCUT2D eigenvalue weighted by Gasteiger charge is 2.14. The Morgan fingerprint density at radius 1 is 1.20 bits per heavy atom. The van der Waals surface area contributed by atoms with E-state index in [2.05, 4.69) is 15.5 Å². The number of para-hydroxylation sites is 1. The number of nitrogens with zero attached hydrogens (tertiary/aromatic N) is 2.